The number of rotatable bonds is 2. The summed E-state index contributed by atoms with van der Waals surface area (Å²) in [5.41, 5.74) is -1.41. The molecule has 0 spiro atoms. The lowest BCUT2D eigenvalue weighted by molar-refractivity contribution is -0.141. The Morgan fingerprint density at radius 3 is 2.33 bits per heavy atom. The van der Waals surface area contributed by atoms with Crippen LogP contribution in [0.4, 0.5) is 17.6 Å². The first-order valence-electron chi connectivity index (χ1n) is 5.33. The molecule has 0 aliphatic carbocycles. The molecule has 1 heterocycles. The van der Waals surface area contributed by atoms with Gasteiger partial charge in [0.1, 0.15) is 16.2 Å². The largest absolute Gasteiger partial charge is 0.433 e. The van der Waals surface area contributed by atoms with Crippen LogP contribution in [-0.2, 0) is 16.0 Å². The standard InChI is InChI=1S/C11H7BrF4N2O2S/c1-21(19,20)5-2-3-6(7(13)4-5)10-17-8(9(12)18-10)11(14,15)16/h2-4H,1H3,(H,17,18). The van der Waals surface area contributed by atoms with E-state index in [2.05, 4.69) is 20.9 Å². The number of nitrogens with one attached hydrogen (secondary N) is 1. The van der Waals surface area contributed by atoms with Crippen molar-refractivity contribution in [3.8, 4) is 11.4 Å². The lowest BCUT2D eigenvalue weighted by Crippen LogP contribution is -2.06. The topological polar surface area (TPSA) is 62.8 Å². The van der Waals surface area contributed by atoms with Gasteiger partial charge < -0.3 is 4.98 Å². The molecule has 2 aromatic rings. The monoisotopic (exact) mass is 386 g/mol. The summed E-state index contributed by atoms with van der Waals surface area (Å²) >= 11 is 2.64. The fourth-order valence-electron chi connectivity index (χ4n) is 1.59. The van der Waals surface area contributed by atoms with Gasteiger partial charge in [0.05, 0.1) is 10.5 Å². The molecule has 0 saturated carbocycles. The number of alkyl halides is 3. The summed E-state index contributed by atoms with van der Waals surface area (Å²) in [6.07, 6.45) is -3.78. The zero-order valence-corrected chi connectivity index (χ0v) is 12.7. The predicted molar refractivity (Wildman–Crippen MR) is 69.8 cm³/mol. The number of hydrogen-bond donors (Lipinski definition) is 1. The van der Waals surface area contributed by atoms with E-state index in [1.165, 1.54) is 0 Å². The third kappa shape index (κ3) is 3.26. The lowest BCUT2D eigenvalue weighted by atomic mass is 10.2. The molecule has 0 amide bonds. The first-order valence-corrected chi connectivity index (χ1v) is 8.01. The molecule has 0 unspecified atom stereocenters. The number of aromatic amines is 1. The molecule has 0 fully saturated rings. The first kappa shape index (κ1) is 16.0. The normalized spacial score (nSPS) is 12.7. The second kappa shape index (κ2) is 5.09. The van der Waals surface area contributed by atoms with Crippen LogP contribution in [0.25, 0.3) is 11.4 Å². The molecule has 0 bridgehead atoms. The number of H-pyrrole nitrogens is 1. The second-order valence-corrected chi connectivity index (χ2v) is 6.93. The van der Waals surface area contributed by atoms with E-state index < -0.39 is 32.1 Å². The summed E-state index contributed by atoms with van der Waals surface area (Å²) in [4.78, 5) is 5.24. The highest BCUT2D eigenvalue weighted by atomic mass is 79.9. The van der Waals surface area contributed by atoms with E-state index in [4.69, 9.17) is 0 Å². The summed E-state index contributed by atoms with van der Waals surface area (Å²) in [7, 11) is -3.61. The zero-order chi connectivity index (χ0) is 16.0. The number of nitrogens with zero attached hydrogens (tertiary/aromatic N) is 1. The van der Waals surface area contributed by atoms with Crippen LogP contribution >= 0.6 is 15.9 Å². The Labute approximate surface area is 125 Å². The predicted octanol–water partition coefficient (Wildman–Crippen LogP) is 3.40. The van der Waals surface area contributed by atoms with E-state index in [1.54, 1.807) is 0 Å². The third-order valence-corrected chi connectivity index (χ3v) is 4.25. The van der Waals surface area contributed by atoms with Gasteiger partial charge in [-0.2, -0.15) is 13.2 Å². The fourth-order valence-corrected chi connectivity index (χ4v) is 2.72. The molecule has 1 aromatic carbocycles. The minimum Gasteiger partial charge on any atom is -0.333 e. The average Bonchev–Trinajstić information content (AvgIpc) is 2.69. The van der Waals surface area contributed by atoms with Crippen LogP contribution in [0.15, 0.2) is 27.7 Å². The molecule has 0 aliphatic rings. The number of aromatic nitrogens is 2. The maximum atomic E-state index is 13.9. The van der Waals surface area contributed by atoms with Crippen LogP contribution in [0.1, 0.15) is 5.69 Å². The Hall–Kier alpha value is -1.42. The van der Waals surface area contributed by atoms with Crippen molar-refractivity contribution < 1.29 is 26.0 Å². The first-order chi connectivity index (χ1) is 9.50. The van der Waals surface area contributed by atoms with Crippen LogP contribution < -0.4 is 0 Å². The summed E-state index contributed by atoms with van der Waals surface area (Å²) in [5, 5.41) is 0. The lowest BCUT2D eigenvalue weighted by Gasteiger charge is -2.04. The molecule has 114 valence electrons. The van der Waals surface area contributed by atoms with Crippen LogP contribution in [0.5, 0.6) is 0 Å². The Morgan fingerprint density at radius 1 is 1.29 bits per heavy atom. The van der Waals surface area contributed by atoms with Gasteiger partial charge in [-0.3, -0.25) is 0 Å². The minimum absolute atomic E-state index is 0.265. The maximum absolute atomic E-state index is 13.9. The van der Waals surface area contributed by atoms with Gasteiger partial charge in [-0.15, -0.1) is 0 Å². The number of benzene rings is 1. The van der Waals surface area contributed by atoms with Gasteiger partial charge in [-0.05, 0) is 34.1 Å². The van der Waals surface area contributed by atoms with E-state index in [9.17, 15) is 26.0 Å². The SMILES string of the molecule is CS(=O)(=O)c1ccc(-c2nc(Br)c(C(F)(F)F)[nH]2)c(F)c1. The molecular formula is C11H7BrF4N2O2S. The number of sulfone groups is 1. The van der Waals surface area contributed by atoms with Crippen LogP contribution in [0.3, 0.4) is 0 Å². The smallest absolute Gasteiger partial charge is 0.333 e. The Morgan fingerprint density at radius 2 is 1.90 bits per heavy atom. The summed E-state index contributed by atoms with van der Waals surface area (Å²) in [5.74, 6) is -1.35. The van der Waals surface area contributed by atoms with Gasteiger partial charge in [-0.1, -0.05) is 0 Å². The van der Waals surface area contributed by atoms with E-state index in [1.807, 2.05) is 4.98 Å². The summed E-state index contributed by atoms with van der Waals surface area (Å²) in [6, 6.07) is 2.88. The van der Waals surface area contributed by atoms with Crippen LogP contribution in [-0.4, -0.2) is 24.6 Å². The van der Waals surface area contributed by atoms with Gasteiger partial charge in [0.15, 0.2) is 15.5 Å². The Bertz CT molecular complexity index is 799. The molecular weight excluding hydrogens is 380 g/mol. The van der Waals surface area contributed by atoms with E-state index in [0.29, 0.717) is 0 Å². The molecule has 1 N–H and O–H groups in total. The number of imidazole rings is 1. The molecule has 0 saturated heterocycles. The Kier molecular flexibility index (Phi) is 3.87. The quantitative estimate of drug-likeness (QED) is 0.804. The summed E-state index contributed by atoms with van der Waals surface area (Å²) < 4.78 is 73.8. The van der Waals surface area contributed by atoms with Crippen molar-refractivity contribution in [2.24, 2.45) is 0 Å². The fraction of sp³-hybridized carbons (Fsp3) is 0.182. The highest BCUT2D eigenvalue weighted by Gasteiger charge is 2.36. The highest BCUT2D eigenvalue weighted by Crippen LogP contribution is 2.35. The van der Waals surface area contributed by atoms with Gasteiger partial charge in [-0.25, -0.2) is 17.8 Å². The number of hydrogen-bond acceptors (Lipinski definition) is 3. The molecule has 2 rings (SSSR count). The van der Waals surface area contributed by atoms with Gasteiger partial charge in [0, 0.05) is 6.26 Å². The van der Waals surface area contributed by atoms with Gasteiger partial charge in [0.25, 0.3) is 0 Å². The van der Waals surface area contributed by atoms with Crippen molar-refractivity contribution in [2.45, 2.75) is 11.1 Å². The molecule has 0 radical (unpaired) electrons. The second-order valence-electron chi connectivity index (χ2n) is 4.16. The molecule has 1 aromatic heterocycles. The molecule has 4 nitrogen and oxygen atoms in total. The van der Waals surface area contributed by atoms with E-state index >= 15 is 0 Å². The zero-order valence-electron chi connectivity index (χ0n) is 10.3. The molecule has 0 aliphatic heterocycles. The minimum atomic E-state index is -4.67. The molecule has 21 heavy (non-hydrogen) atoms. The van der Waals surface area contributed by atoms with E-state index in [-0.39, 0.29) is 16.3 Å². The van der Waals surface area contributed by atoms with Crippen molar-refractivity contribution in [2.75, 3.05) is 6.26 Å². The van der Waals surface area contributed by atoms with Crippen molar-refractivity contribution >= 4 is 25.8 Å². The molecule has 0 atom stereocenters. The van der Waals surface area contributed by atoms with E-state index in [0.717, 1.165) is 24.5 Å². The van der Waals surface area contributed by atoms with Crippen molar-refractivity contribution in [1.29, 1.82) is 0 Å². The van der Waals surface area contributed by atoms with Crippen molar-refractivity contribution in [3.63, 3.8) is 0 Å². The van der Waals surface area contributed by atoms with Crippen LogP contribution in [0, 0.1) is 5.82 Å². The van der Waals surface area contributed by atoms with Crippen molar-refractivity contribution in [1.82, 2.24) is 9.97 Å². The van der Waals surface area contributed by atoms with Gasteiger partial charge >= 0.3 is 6.18 Å². The highest BCUT2D eigenvalue weighted by molar-refractivity contribution is 9.10. The molecule has 10 heteroatoms. The summed E-state index contributed by atoms with van der Waals surface area (Å²) in [6.45, 7) is 0. The average molecular weight is 387 g/mol. The van der Waals surface area contributed by atoms with Gasteiger partial charge in [0.2, 0.25) is 0 Å². The van der Waals surface area contributed by atoms with Crippen molar-refractivity contribution in [3.05, 3.63) is 34.3 Å². The number of halogens is 5. The maximum Gasteiger partial charge on any atom is 0.433 e. The Balaban J connectivity index is 2.54. The van der Waals surface area contributed by atoms with Crippen LogP contribution in [0.2, 0.25) is 0 Å². The third-order valence-electron chi connectivity index (χ3n) is 2.57.